The van der Waals surface area contributed by atoms with Crippen LogP contribution in [0.2, 0.25) is 0 Å². The molecule has 1 atom stereocenters. The first-order valence-electron chi connectivity index (χ1n) is 10.1. The predicted molar refractivity (Wildman–Crippen MR) is 111 cm³/mol. The molecule has 0 bridgehead atoms. The number of hydrogen-bond acceptors (Lipinski definition) is 6. The zero-order valence-electron chi connectivity index (χ0n) is 17.0. The van der Waals surface area contributed by atoms with Crippen LogP contribution in [0, 0.1) is 11.7 Å². The summed E-state index contributed by atoms with van der Waals surface area (Å²) in [6.45, 7) is 0.142. The minimum atomic E-state index is -3.98. The SMILES string of the molecule is O=C(NNC(=O)[C@@H]1COc2ccccc2O1)C1CCN(S(=O)(=O)c2ccccc2F)CC1. The molecule has 0 spiro atoms. The second kappa shape index (κ2) is 9.13. The topological polar surface area (TPSA) is 114 Å². The molecule has 1 fully saturated rings. The number of hydrogen-bond donors (Lipinski definition) is 2. The van der Waals surface area contributed by atoms with Crippen molar-refractivity contribution in [3.8, 4) is 11.5 Å². The number of carbonyl (C=O) groups excluding carboxylic acids is 2. The molecule has 2 heterocycles. The molecule has 0 aromatic heterocycles. The molecule has 2 aliphatic heterocycles. The Balaban J connectivity index is 1.27. The van der Waals surface area contributed by atoms with Crippen molar-refractivity contribution in [3.63, 3.8) is 0 Å². The number of benzene rings is 2. The van der Waals surface area contributed by atoms with Gasteiger partial charge in [0, 0.05) is 19.0 Å². The summed E-state index contributed by atoms with van der Waals surface area (Å²) in [6.07, 6.45) is -0.435. The van der Waals surface area contributed by atoms with E-state index in [2.05, 4.69) is 10.9 Å². The number of carbonyl (C=O) groups is 2. The van der Waals surface area contributed by atoms with Gasteiger partial charge in [0.1, 0.15) is 17.3 Å². The standard InChI is InChI=1S/C21H22FN3O6S/c22-15-5-1-4-8-19(15)32(28,29)25-11-9-14(10-12-25)20(26)23-24-21(27)18-13-30-16-6-2-3-7-17(16)31-18/h1-8,14,18H,9-13H2,(H,23,26)(H,24,27)/t18-/m0/s1. The van der Waals surface area contributed by atoms with Crippen molar-refractivity contribution in [2.75, 3.05) is 19.7 Å². The van der Waals surface area contributed by atoms with Gasteiger partial charge in [0.25, 0.3) is 5.91 Å². The van der Waals surface area contributed by atoms with Crippen molar-refractivity contribution in [3.05, 3.63) is 54.3 Å². The van der Waals surface area contributed by atoms with Crippen LogP contribution >= 0.6 is 0 Å². The Hall–Kier alpha value is -3.18. The van der Waals surface area contributed by atoms with Crippen LogP contribution in [0.5, 0.6) is 11.5 Å². The number of halogens is 1. The van der Waals surface area contributed by atoms with E-state index in [0.717, 1.165) is 6.07 Å². The summed E-state index contributed by atoms with van der Waals surface area (Å²) in [5, 5.41) is 0. The van der Waals surface area contributed by atoms with Crippen molar-refractivity contribution in [1.29, 1.82) is 0 Å². The molecule has 2 aromatic carbocycles. The quantitative estimate of drug-likeness (QED) is 0.659. The number of sulfonamides is 1. The Morgan fingerprint density at radius 3 is 2.28 bits per heavy atom. The molecule has 2 aromatic rings. The van der Waals surface area contributed by atoms with Gasteiger partial charge in [0.15, 0.2) is 11.5 Å². The number of piperidine rings is 1. The number of rotatable bonds is 4. The van der Waals surface area contributed by atoms with E-state index >= 15 is 0 Å². The largest absolute Gasteiger partial charge is 0.485 e. The molecule has 2 N–H and O–H groups in total. The van der Waals surface area contributed by atoms with Crippen molar-refractivity contribution >= 4 is 21.8 Å². The van der Waals surface area contributed by atoms with Crippen molar-refractivity contribution < 1.29 is 31.9 Å². The third-order valence-corrected chi connectivity index (χ3v) is 7.32. The third kappa shape index (κ3) is 4.53. The number of para-hydroxylation sites is 2. The highest BCUT2D eigenvalue weighted by Gasteiger charge is 2.34. The van der Waals surface area contributed by atoms with E-state index in [9.17, 15) is 22.4 Å². The maximum atomic E-state index is 13.9. The lowest BCUT2D eigenvalue weighted by Gasteiger charge is -2.31. The molecule has 9 nitrogen and oxygen atoms in total. The summed E-state index contributed by atoms with van der Waals surface area (Å²) in [4.78, 5) is 24.4. The molecule has 0 unspecified atom stereocenters. The first-order valence-corrected chi connectivity index (χ1v) is 11.5. The van der Waals surface area contributed by atoms with Crippen LogP contribution in [0.25, 0.3) is 0 Å². The fourth-order valence-corrected chi connectivity index (χ4v) is 5.14. The summed E-state index contributed by atoms with van der Waals surface area (Å²) in [7, 11) is -3.98. The van der Waals surface area contributed by atoms with E-state index in [-0.39, 0.29) is 37.4 Å². The van der Waals surface area contributed by atoms with Gasteiger partial charge in [-0.2, -0.15) is 4.31 Å². The van der Waals surface area contributed by atoms with Gasteiger partial charge in [0.05, 0.1) is 0 Å². The van der Waals surface area contributed by atoms with Crippen LogP contribution in [0.1, 0.15) is 12.8 Å². The Labute approximate surface area is 184 Å². The van der Waals surface area contributed by atoms with E-state index in [1.807, 2.05) is 0 Å². The minimum absolute atomic E-state index is 0.00497. The lowest BCUT2D eigenvalue weighted by molar-refractivity contribution is -0.136. The Bertz CT molecular complexity index is 1120. The van der Waals surface area contributed by atoms with Crippen LogP contribution < -0.4 is 20.3 Å². The van der Waals surface area contributed by atoms with Gasteiger partial charge in [-0.25, -0.2) is 12.8 Å². The van der Waals surface area contributed by atoms with Gasteiger partial charge in [-0.05, 0) is 37.1 Å². The number of amides is 2. The first-order chi connectivity index (χ1) is 15.4. The highest BCUT2D eigenvalue weighted by atomic mass is 32.2. The molecule has 2 amide bonds. The molecule has 0 aliphatic carbocycles. The second-order valence-electron chi connectivity index (χ2n) is 7.45. The molecular weight excluding hydrogens is 441 g/mol. The summed E-state index contributed by atoms with van der Waals surface area (Å²) < 4.78 is 51.5. The second-order valence-corrected chi connectivity index (χ2v) is 9.36. The zero-order chi connectivity index (χ0) is 22.7. The zero-order valence-corrected chi connectivity index (χ0v) is 17.8. The summed E-state index contributed by atoms with van der Waals surface area (Å²) in [5.41, 5.74) is 4.70. The number of nitrogens with zero attached hydrogens (tertiary/aromatic N) is 1. The van der Waals surface area contributed by atoms with Crippen LogP contribution in [-0.4, -0.2) is 50.3 Å². The van der Waals surface area contributed by atoms with Gasteiger partial charge in [-0.3, -0.25) is 20.4 Å². The number of hydrazine groups is 1. The molecular formula is C21H22FN3O6S. The van der Waals surface area contributed by atoms with Gasteiger partial charge < -0.3 is 9.47 Å². The lowest BCUT2D eigenvalue weighted by atomic mass is 9.98. The van der Waals surface area contributed by atoms with E-state index in [1.165, 1.54) is 22.5 Å². The number of nitrogens with one attached hydrogen (secondary N) is 2. The third-order valence-electron chi connectivity index (χ3n) is 5.39. The molecule has 2 aliphatic rings. The fourth-order valence-electron chi connectivity index (χ4n) is 3.61. The van der Waals surface area contributed by atoms with E-state index < -0.39 is 39.7 Å². The van der Waals surface area contributed by atoms with Crippen LogP contribution in [0.4, 0.5) is 4.39 Å². The van der Waals surface area contributed by atoms with Crippen molar-refractivity contribution in [2.45, 2.75) is 23.8 Å². The van der Waals surface area contributed by atoms with Gasteiger partial charge in [0.2, 0.25) is 22.0 Å². The van der Waals surface area contributed by atoms with Gasteiger partial charge in [-0.1, -0.05) is 24.3 Å². The average Bonchev–Trinajstić information content (AvgIpc) is 2.82. The molecule has 1 saturated heterocycles. The smallest absolute Gasteiger partial charge is 0.283 e. The van der Waals surface area contributed by atoms with E-state index in [4.69, 9.17) is 9.47 Å². The van der Waals surface area contributed by atoms with E-state index in [1.54, 1.807) is 24.3 Å². The van der Waals surface area contributed by atoms with Crippen LogP contribution in [-0.2, 0) is 19.6 Å². The molecule has 4 rings (SSSR count). The fraction of sp³-hybridized carbons (Fsp3) is 0.333. The highest BCUT2D eigenvalue weighted by Crippen LogP contribution is 2.31. The Kier molecular flexibility index (Phi) is 6.28. The maximum Gasteiger partial charge on any atom is 0.283 e. The van der Waals surface area contributed by atoms with E-state index in [0.29, 0.717) is 11.5 Å². The van der Waals surface area contributed by atoms with Crippen molar-refractivity contribution in [2.24, 2.45) is 5.92 Å². The lowest BCUT2D eigenvalue weighted by Crippen LogP contribution is -2.53. The highest BCUT2D eigenvalue weighted by molar-refractivity contribution is 7.89. The minimum Gasteiger partial charge on any atom is -0.485 e. The summed E-state index contributed by atoms with van der Waals surface area (Å²) in [6, 6.07) is 12.1. The normalized spacial score (nSPS) is 19.2. The van der Waals surface area contributed by atoms with Crippen LogP contribution in [0.15, 0.2) is 53.4 Å². The number of fused-ring (bicyclic) bond motifs is 1. The van der Waals surface area contributed by atoms with Gasteiger partial charge >= 0.3 is 0 Å². The van der Waals surface area contributed by atoms with Crippen molar-refractivity contribution in [1.82, 2.24) is 15.2 Å². The average molecular weight is 463 g/mol. The predicted octanol–water partition coefficient (Wildman–Crippen LogP) is 1.21. The molecule has 0 saturated carbocycles. The Morgan fingerprint density at radius 1 is 0.938 bits per heavy atom. The van der Waals surface area contributed by atoms with Gasteiger partial charge in [-0.15, -0.1) is 0 Å². The molecule has 32 heavy (non-hydrogen) atoms. The summed E-state index contributed by atoms with van der Waals surface area (Å²) in [5.74, 6) is -1.32. The molecule has 170 valence electrons. The Morgan fingerprint density at radius 2 is 1.56 bits per heavy atom. The molecule has 11 heteroatoms. The number of ether oxygens (including phenoxy) is 2. The molecule has 0 radical (unpaired) electrons. The first kappa shape index (κ1) is 22.0. The maximum absolute atomic E-state index is 13.9. The monoisotopic (exact) mass is 463 g/mol. The van der Waals surface area contributed by atoms with Crippen LogP contribution in [0.3, 0.4) is 0 Å². The summed E-state index contributed by atoms with van der Waals surface area (Å²) >= 11 is 0.